The van der Waals surface area contributed by atoms with Crippen molar-refractivity contribution in [3.63, 3.8) is 0 Å². The van der Waals surface area contributed by atoms with Crippen molar-refractivity contribution in [2.24, 2.45) is 0 Å². The summed E-state index contributed by atoms with van der Waals surface area (Å²) in [6.45, 7) is 0. The number of halogens is 4. The average molecular weight is 250 g/mol. The lowest BCUT2D eigenvalue weighted by atomic mass is 10.1. The molecule has 68 valence electrons. The third-order valence-corrected chi connectivity index (χ3v) is 2.32. The van der Waals surface area contributed by atoms with Crippen LogP contribution in [0.4, 0.5) is 13.2 Å². The van der Waals surface area contributed by atoms with Crippen LogP contribution in [0.3, 0.4) is 0 Å². The van der Waals surface area contributed by atoms with Gasteiger partial charge in [0, 0.05) is 4.47 Å². The quantitative estimate of drug-likeness (QED) is 0.749. The van der Waals surface area contributed by atoms with Gasteiger partial charge in [0.25, 0.3) is 6.43 Å². The van der Waals surface area contributed by atoms with Crippen molar-refractivity contribution >= 4 is 15.9 Å². The van der Waals surface area contributed by atoms with Crippen LogP contribution in [0.15, 0.2) is 16.6 Å². The molecule has 0 N–H and O–H groups in total. The molecule has 0 bridgehead atoms. The molecule has 0 fully saturated rings. The highest BCUT2D eigenvalue weighted by Gasteiger charge is 2.19. The summed E-state index contributed by atoms with van der Waals surface area (Å²) in [6.07, 6.45) is -2.93. The summed E-state index contributed by atoms with van der Waals surface area (Å²) >= 11 is 2.75. The summed E-state index contributed by atoms with van der Waals surface area (Å²) < 4.78 is 37.1. The molecule has 0 spiro atoms. The van der Waals surface area contributed by atoms with Gasteiger partial charge in [-0.25, -0.2) is 13.2 Å². The van der Waals surface area contributed by atoms with Crippen molar-refractivity contribution in [1.29, 1.82) is 5.26 Å². The third kappa shape index (κ3) is 1.83. The molecule has 0 atom stereocenters. The molecule has 0 aromatic heterocycles. The SMILES string of the molecule is N#Cc1ccc(F)c(C(F)F)c1Br. The van der Waals surface area contributed by atoms with Crippen molar-refractivity contribution in [1.82, 2.24) is 0 Å². The standard InChI is InChI=1S/C8H3BrF3N/c9-7-4(3-13)1-2-5(10)6(7)8(11)12/h1-2,8H. The molecule has 5 heteroatoms. The van der Waals surface area contributed by atoms with E-state index in [2.05, 4.69) is 15.9 Å². The summed E-state index contributed by atoms with van der Waals surface area (Å²) in [5, 5.41) is 8.47. The summed E-state index contributed by atoms with van der Waals surface area (Å²) in [7, 11) is 0. The number of alkyl halides is 2. The van der Waals surface area contributed by atoms with Crippen LogP contribution in [-0.4, -0.2) is 0 Å². The Balaban J connectivity index is 3.41. The molecule has 0 radical (unpaired) electrons. The van der Waals surface area contributed by atoms with E-state index in [9.17, 15) is 13.2 Å². The molecule has 1 aromatic carbocycles. The molecule has 0 aliphatic carbocycles. The minimum atomic E-state index is -2.93. The molecule has 0 saturated heterocycles. The highest BCUT2D eigenvalue weighted by Crippen LogP contribution is 2.31. The highest BCUT2D eigenvalue weighted by atomic mass is 79.9. The summed E-state index contributed by atoms with van der Waals surface area (Å²) in [5.41, 5.74) is -0.768. The van der Waals surface area contributed by atoms with Gasteiger partial charge in [-0.3, -0.25) is 0 Å². The van der Waals surface area contributed by atoms with Crippen LogP contribution in [-0.2, 0) is 0 Å². The van der Waals surface area contributed by atoms with E-state index < -0.39 is 17.8 Å². The largest absolute Gasteiger partial charge is 0.267 e. The summed E-state index contributed by atoms with van der Waals surface area (Å²) in [5.74, 6) is -1.01. The van der Waals surface area contributed by atoms with Gasteiger partial charge in [-0.05, 0) is 28.1 Å². The Morgan fingerprint density at radius 1 is 1.38 bits per heavy atom. The van der Waals surface area contributed by atoms with E-state index in [1.54, 1.807) is 6.07 Å². The molecule has 1 nitrogen and oxygen atoms in total. The number of nitrogens with zero attached hydrogens (tertiary/aromatic N) is 1. The molecule has 0 heterocycles. The molecule has 0 aliphatic heterocycles. The van der Waals surface area contributed by atoms with Crippen molar-refractivity contribution in [2.75, 3.05) is 0 Å². The maximum absolute atomic E-state index is 12.8. The first-order chi connectivity index (χ1) is 6.07. The zero-order valence-corrected chi connectivity index (χ0v) is 7.78. The van der Waals surface area contributed by atoms with Crippen LogP contribution in [0, 0.1) is 17.1 Å². The Hall–Kier alpha value is -1.02. The van der Waals surface area contributed by atoms with Crippen LogP contribution >= 0.6 is 15.9 Å². The molecule has 0 amide bonds. The Labute approximate surface area is 80.9 Å². The lowest BCUT2D eigenvalue weighted by Crippen LogP contribution is -1.94. The molecule has 1 rings (SSSR count). The first kappa shape index (κ1) is 10.1. The van der Waals surface area contributed by atoms with Crippen LogP contribution in [0.5, 0.6) is 0 Å². The lowest BCUT2D eigenvalue weighted by Gasteiger charge is -2.05. The molecular formula is C8H3BrF3N. The Morgan fingerprint density at radius 2 is 2.00 bits per heavy atom. The minimum absolute atomic E-state index is 0.00306. The monoisotopic (exact) mass is 249 g/mol. The zero-order valence-electron chi connectivity index (χ0n) is 6.19. The average Bonchev–Trinajstić information content (AvgIpc) is 2.04. The van der Waals surface area contributed by atoms with Crippen molar-refractivity contribution in [3.8, 4) is 6.07 Å². The van der Waals surface area contributed by atoms with Gasteiger partial charge in [-0.1, -0.05) is 0 Å². The summed E-state index contributed by atoms with van der Waals surface area (Å²) in [4.78, 5) is 0. The van der Waals surface area contributed by atoms with E-state index in [-0.39, 0.29) is 10.0 Å². The second-order valence-corrected chi connectivity index (χ2v) is 3.03. The minimum Gasteiger partial charge on any atom is -0.206 e. The van der Waals surface area contributed by atoms with Crippen LogP contribution in [0.2, 0.25) is 0 Å². The second kappa shape index (κ2) is 3.79. The second-order valence-electron chi connectivity index (χ2n) is 2.24. The van der Waals surface area contributed by atoms with Crippen LogP contribution < -0.4 is 0 Å². The molecule has 1 aromatic rings. The smallest absolute Gasteiger partial charge is 0.206 e. The van der Waals surface area contributed by atoms with Gasteiger partial charge in [-0.2, -0.15) is 5.26 Å². The number of rotatable bonds is 1. The number of nitriles is 1. The number of benzene rings is 1. The lowest BCUT2D eigenvalue weighted by molar-refractivity contribution is 0.145. The fraction of sp³-hybridized carbons (Fsp3) is 0.125. The first-order valence-corrected chi connectivity index (χ1v) is 4.03. The van der Waals surface area contributed by atoms with E-state index in [0.717, 1.165) is 12.1 Å². The van der Waals surface area contributed by atoms with Gasteiger partial charge < -0.3 is 0 Å². The Morgan fingerprint density at radius 3 is 2.46 bits per heavy atom. The van der Waals surface area contributed by atoms with Gasteiger partial charge in [-0.15, -0.1) is 0 Å². The fourth-order valence-corrected chi connectivity index (χ4v) is 1.44. The predicted molar refractivity (Wildman–Crippen MR) is 43.8 cm³/mol. The molecule has 0 aliphatic rings. The zero-order chi connectivity index (χ0) is 10.0. The van der Waals surface area contributed by atoms with Crippen LogP contribution in [0.25, 0.3) is 0 Å². The maximum Gasteiger partial charge on any atom is 0.267 e. The summed E-state index contributed by atoms with van der Waals surface area (Å²) in [6, 6.07) is 3.67. The predicted octanol–water partition coefficient (Wildman–Crippen LogP) is 3.40. The van der Waals surface area contributed by atoms with E-state index in [1.165, 1.54) is 0 Å². The Bertz CT molecular complexity index is 370. The van der Waals surface area contributed by atoms with Gasteiger partial charge in [0.2, 0.25) is 0 Å². The van der Waals surface area contributed by atoms with Gasteiger partial charge >= 0.3 is 0 Å². The molecule has 0 unspecified atom stereocenters. The van der Waals surface area contributed by atoms with Gasteiger partial charge in [0.1, 0.15) is 11.9 Å². The van der Waals surface area contributed by atoms with Crippen LogP contribution in [0.1, 0.15) is 17.6 Å². The van der Waals surface area contributed by atoms with E-state index in [0.29, 0.717) is 0 Å². The normalized spacial score (nSPS) is 10.2. The first-order valence-electron chi connectivity index (χ1n) is 3.24. The van der Waals surface area contributed by atoms with E-state index in [4.69, 9.17) is 5.26 Å². The van der Waals surface area contributed by atoms with Gasteiger partial charge in [0.15, 0.2) is 0 Å². The maximum atomic E-state index is 12.8. The number of hydrogen-bond acceptors (Lipinski definition) is 1. The molecular weight excluding hydrogens is 247 g/mol. The topological polar surface area (TPSA) is 23.8 Å². The molecule has 0 saturated carbocycles. The van der Waals surface area contributed by atoms with Crippen molar-refractivity contribution < 1.29 is 13.2 Å². The van der Waals surface area contributed by atoms with E-state index in [1.807, 2.05) is 0 Å². The fourth-order valence-electron chi connectivity index (χ4n) is 0.856. The number of hydrogen-bond donors (Lipinski definition) is 0. The van der Waals surface area contributed by atoms with Gasteiger partial charge in [0.05, 0.1) is 11.1 Å². The molecule has 13 heavy (non-hydrogen) atoms. The van der Waals surface area contributed by atoms with Crippen molar-refractivity contribution in [2.45, 2.75) is 6.43 Å². The highest BCUT2D eigenvalue weighted by molar-refractivity contribution is 9.10. The third-order valence-electron chi connectivity index (χ3n) is 1.47. The Kier molecular flexibility index (Phi) is 2.94. The van der Waals surface area contributed by atoms with E-state index >= 15 is 0 Å². The van der Waals surface area contributed by atoms with Crippen molar-refractivity contribution in [3.05, 3.63) is 33.5 Å².